The monoisotopic (exact) mass is 500 g/mol. The molecule has 0 aliphatic carbocycles. The molecular weight excluding hydrogens is 474 g/mol. The van der Waals surface area contributed by atoms with Gasteiger partial charge < -0.3 is 16.0 Å². The minimum Gasteiger partial charge on any atom is -0.348 e. The van der Waals surface area contributed by atoms with E-state index >= 15 is 0 Å². The van der Waals surface area contributed by atoms with Gasteiger partial charge in [0.1, 0.15) is 12.1 Å². The molecule has 1 heterocycles. The number of aromatic nitrogens is 1. The molecule has 0 spiro atoms. The maximum Gasteiger partial charge on any atom is 0.255 e. The lowest BCUT2D eigenvalue weighted by Crippen LogP contribution is -2.24. The largest absolute Gasteiger partial charge is 0.348 e. The fourth-order valence-corrected chi connectivity index (χ4v) is 3.99. The smallest absolute Gasteiger partial charge is 0.255 e. The van der Waals surface area contributed by atoms with E-state index in [1.807, 2.05) is 50.4 Å². The van der Waals surface area contributed by atoms with Gasteiger partial charge in [0.05, 0.1) is 5.56 Å². The van der Waals surface area contributed by atoms with Crippen LogP contribution in [0, 0.1) is 18.6 Å². The van der Waals surface area contributed by atoms with E-state index in [1.165, 1.54) is 6.07 Å². The van der Waals surface area contributed by atoms with E-state index in [-0.39, 0.29) is 6.54 Å². The molecule has 1 aromatic heterocycles. The highest BCUT2D eigenvalue weighted by Crippen LogP contribution is 2.30. The number of pyridine rings is 1. The lowest BCUT2D eigenvalue weighted by Gasteiger charge is -2.15. The zero-order valence-corrected chi connectivity index (χ0v) is 20.4. The van der Waals surface area contributed by atoms with Gasteiger partial charge >= 0.3 is 0 Å². The van der Waals surface area contributed by atoms with Gasteiger partial charge in [-0.05, 0) is 84.3 Å². The Hall–Kier alpha value is -4.43. The molecule has 6 nitrogen and oxygen atoms in total. The Bertz CT molecular complexity index is 1460. The Morgan fingerprint density at radius 1 is 0.973 bits per heavy atom. The summed E-state index contributed by atoms with van der Waals surface area (Å²) in [7, 11) is 1.83. The van der Waals surface area contributed by atoms with Gasteiger partial charge in [0.15, 0.2) is 11.6 Å². The number of aldehydes is 1. The average molecular weight is 501 g/mol. The van der Waals surface area contributed by atoms with Crippen LogP contribution in [0.25, 0.3) is 11.1 Å². The number of anilines is 2. The molecule has 3 N–H and O–H groups in total. The van der Waals surface area contributed by atoms with Gasteiger partial charge in [-0.25, -0.2) is 13.8 Å². The minimum absolute atomic E-state index is 0.0325. The van der Waals surface area contributed by atoms with Crippen LogP contribution < -0.4 is 16.0 Å². The second-order valence-electron chi connectivity index (χ2n) is 8.55. The van der Waals surface area contributed by atoms with Gasteiger partial charge in [-0.3, -0.25) is 9.59 Å². The molecule has 0 aliphatic heterocycles. The summed E-state index contributed by atoms with van der Waals surface area (Å²) in [5.74, 6) is -1.96. The number of carbonyl (C=O) groups is 2. The number of nitrogens with zero attached hydrogens (tertiary/aromatic N) is 1. The molecule has 0 radical (unpaired) electrons. The van der Waals surface area contributed by atoms with Gasteiger partial charge in [-0.2, -0.15) is 0 Å². The minimum atomic E-state index is -0.968. The van der Waals surface area contributed by atoms with E-state index in [1.54, 1.807) is 18.3 Å². The highest BCUT2D eigenvalue weighted by atomic mass is 19.2. The molecule has 8 heteroatoms. The molecular formula is C29H26F2N4O2. The number of aryl methyl sites for hydroxylation is 1. The van der Waals surface area contributed by atoms with Crippen LogP contribution in [-0.2, 0) is 13.1 Å². The van der Waals surface area contributed by atoms with Gasteiger partial charge in [0.2, 0.25) is 0 Å². The molecule has 1 amide bonds. The molecule has 4 aromatic rings. The molecule has 0 saturated carbocycles. The number of halogens is 2. The van der Waals surface area contributed by atoms with Crippen LogP contribution in [0.1, 0.15) is 37.4 Å². The van der Waals surface area contributed by atoms with Crippen molar-refractivity contribution in [1.29, 1.82) is 0 Å². The summed E-state index contributed by atoms with van der Waals surface area (Å²) in [6.07, 6.45) is 2.42. The Morgan fingerprint density at radius 2 is 1.81 bits per heavy atom. The predicted molar refractivity (Wildman–Crippen MR) is 140 cm³/mol. The maximum absolute atomic E-state index is 13.5. The van der Waals surface area contributed by atoms with E-state index in [2.05, 4.69) is 20.9 Å². The molecule has 0 aliphatic rings. The van der Waals surface area contributed by atoms with E-state index in [4.69, 9.17) is 0 Å². The molecule has 0 fully saturated rings. The first-order valence-corrected chi connectivity index (χ1v) is 11.7. The molecule has 0 unspecified atom stereocenters. The zero-order chi connectivity index (χ0) is 26.4. The molecule has 0 bridgehead atoms. The highest BCUT2D eigenvalue weighted by Gasteiger charge is 2.14. The first-order valence-electron chi connectivity index (χ1n) is 11.7. The molecule has 0 saturated heterocycles. The summed E-state index contributed by atoms with van der Waals surface area (Å²) in [5.41, 5.74) is 5.98. The fourth-order valence-electron chi connectivity index (χ4n) is 3.99. The summed E-state index contributed by atoms with van der Waals surface area (Å²) in [6.45, 7) is 2.60. The highest BCUT2D eigenvalue weighted by molar-refractivity contribution is 5.99. The van der Waals surface area contributed by atoms with Crippen LogP contribution in [0.15, 0.2) is 72.9 Å². The quantitative estimate of drug-likeness (QED) is 0.263. The summed E-state index contributed by atoms with van der Waals surface area (Å²) in [4.78, 5) is 28.6. The number of nitrogens with one attached hydrogen (secondary N) is 3. The topological polar surface area (TPSA) is 83.1 Å². The third kappa shape index (κ3) is 6.05. The number of hydrogen-bond acceptors (Lipinski definition) is 5. The fraction of sp³-hybridized carbons (Fsp3) is 0.138. The second kappa shape index (κ2) is 11.5. The van der Waals surface area contributed by atoms with Crippen molar-refractivity contribution >= 4 is 23.7 Å². The Balaban J connectivity index is 1.57. The molecule has 37 heavy (non-hydrogen) atoms. The standard InChI is InChI=1S/C29H26F2N4O2/c1-18-5-9-23(14-25(18)20-7-8-21(17-36)22(13-20)16-32-2)35-28-24(4-3-11-33-28)29(37)34-15-19-6-10-26(30)27(31)12-19/h3-14,17,32H,15-16H2,1-2H3,(H,33,35)(H,34,37). The van der Waals surface area contributed by atoms with Gasteiger partial charge in [0.25, 0.3) is 5.91 Å². The lowest BCUT2D eigenvalue weighted by molar-refractivity contribution is 0.0951. The lowest BCUT2D eigenvalue weighted by atomic mass is 9.96. The van der Waals surface area contributed by atoms with E-state index < -0.39 is 17.5 Å². The third-order valence-electron chi connectivity index (χ3n) is 5.94. The van der Waals surface area contributed by atoms with E-state index in [0.29, 0.717) is 29.1 Å². The summed E-state index contributed by atoms with van der Waals surface area (Å²) >= 11 is 0. The summed E-state index contributed by atoms with van der Waals surface area (Å²) in [5, 5.41) is 9.02. The molecule has 188 valence electrons. The molecule has 3 aromatic carbocycles. The van der Waals surface area contributed by atoms with Crippen molar-refractivity contribution in [1.82, 2.24) is 15.6 Å². The van der Waals surface area contributed by atoms with Crippen LogP contribution in [0.3, 0.4) is 0 Å². The second-order valence-corrected chi connectivity index (χ2v) is 8.55. The Morgan fingerprint density at radius 3 is 2.57 bits per heavy atom. The molecule has 4 rings (SSSR count). The Labute approximate surface area is 213 Å². The normalized spacial score (nSPS) is 10.7. The third-order valence-corrected chi connectivity index (χ3v) is 5.94. The average Bonchev–Trinajstić information content (AvgIpc) is 2.90. The van der Waals surface area contributed by atoms with Gasteiger partial charge in [0, 0.05) is 30.5 Å². The van der Waals surface area contributed by atoms with Gasteiger partial charge in [-0.15, -0.1) is 0 Å². The number of hydrogen-bond donors (Lipinski definition) is 3. The first-order chi connectivity index (χ1) is 17.9. The summed E-state index contributed by atoms with van der Waals surface area (Å²) < 4.78 is 26.7. The van der Waals surface area contributed by atoms with Crippen LogP contribution >= 0.6 is 0 Å². The van der Waals surface area contributed by atoms with Crippen molar-refractivity contribution in [3.8, 4) is 11.1 Å². The SMILES string of the molecule is CNCc1cc(-c2cc(Nc3ncccc3C(=O)NCc3ccc(F)c(F)c3)ccc2C)ccc1C=O. The first kappa shape index (κ1) is 25.7. The van der Waals surface area contributed by atoms with Crippen LogP contribution in [-0.4, -0.2) is 24.2 Å². The predicted octanol–water partition coefficient (Wildman–Crippen LogP) is 5.54. The number of amides is 1. The number of benzene rings is 3. The van der Waals surface area contributed by atoms with Crippen molar-refractivity contribution in [3.63, 3.8) is 0 Å². The molecule has 0 atom stereocenters. The number of rotatable bonds is 9. The van der Waals surface area contributed by atoms with Gasteiger partial charge in [-0.1, -0.05) is 24.3 Å². The van der Waals surface area contributed by atoms with Crippen molar-refractivity contribution in [2.45, 2.75) is 20.0 Å². The van der Waals surface area contributed by atoms with Crippen molar-refractivity contribution in [2.24, 2.45) is 0 Å². The van der Waals surface area contributed by atoms with E-state index in [9.17, 15) is 18.4 Å². The van der Waals surface area contributed by atoms with Crippen molar-refractivity contribution in [2.75, 3.05) is 12.4 Å². The Kier molecular flexibility index (Phi) is 8.00. The van der Waals surface area contributed by atoms with Crippen LogP contribution in [0.4, 0.5) is 20.3 Å². The zero-order valence-electron chi connectivity index (χ0n) is 20.4. The van der Waals surface area contributed by atoms with Crippen LogP contribution in [0.2, 0.25) is 0 Å². The van der Waals surface area contributed by atoms with Crippen LogP contribution in [0.5, 0.6) is 0 Å². The number of carbonyl (C=O) groups excluding carboxylic acids is 2. The summed E-state index contributed by atoms with van der Waals surface area (Å²) in [6, 6.07) is 18.3. The maximum atomic E-state index is 13.5. The van der Waals surface area contributed by atoms with Crippen molar-refractivity contribution < 1.29 is 18.4 Å². The van der Waals surface area contributed by atoms with E-state index in [0.717, 1.165) is 46.4 Å². The van der Waals surface area contributed by atoms with Crippen molar-refractivity contribution in [3.05, 3.63) is 112 Å².